The van der Waals surface area contributed by atoms with E-state index >= 15 is 0 Å². The van der Waals surface area contributed by atoms with Crippen molar-refractivity contribution in [2.45, 2.75) is 12.1 Å². The molecule has 5 nitrogen and oxygen atoms in total. The molecular weight excluding hydrogens is 146 g/mol. The summed E-state index contributed by atoms with van der Waals surface area (Å²) >= 11 is 0. The number of aliphatic hydroxyl groups is 1. The van der Waals surface area contributed by atoms with Crippen LogP contribution in [-0.4, -0.2) is 43.5 Å². The monoisotopic (exact) mass is 159 g/mol. The van der Waals surface area contributed by atoms with E-state index in [9.17, 15) is 5.11 Å². The van der Waals surface area contributed by atoms with E-state index in [-0.39, 0.29) is 6.04 Å². The van der Waals surface area contributed by atoms with Gasteiger partial charge in [0.15, 0.2) is 5.96 Å². The molecule has 64 valence electrons. The van der Waals surface area contributed by atoms with Crippen LogP contribution < -0.4 is 11.1 Å². The smallest absolute Gasteiger partial charge is 0.188 e. The molecular formula is C6H13N3O2. The van der Waals surface area contributed by atoms with E-state index in [0.717, 1.165) is 0 Å². The van der Waals surface area contributed by atoms with Crippen LogP contribution in [0.25, 0.3) is 0 Å². The zero-order valence-corrected chi connectivity index (χ0v) is 6.45. The average molecular weight is 159 g/mol. The fourth-order valence-corrected chi connectivity index (χ4v) is 0.935. The fourth-order valence-electron chi connectivity index (χ4n) is 0.935. The summed E-state index contributed by atoms with van der Waals surface area (Å²) in [6.45, 7) is 0.853. The van der Waals surface area contributed by atoms with Crippen LogP contribution in [0, 0.1) is 0 Å². The number of nitrogens with one attached hydrogen (secondary N) is 1. The van der Waals surface area contributed by atoms with Crippen LogP contribution in [0.1, 0.15) is 0 Å². The highest BCUT2D eigenvalue weighted by Crippen LogP contribution is 2.03. The van der Waals surface area contributed by atoms with Crippen LogP contribution >= 0.6 is 0 Å². The normalized spacial score (nSPS) is 32.4. The molecule has 0 aromatic rings. The maximum Gasteiger partial charge on any atom is 0.188 e. The lowest BCUT2D eigenvalue weighted by Crippen LogP contribution is -2.45. The van der Waals surface area contributed by atoms with E-state index in [2.05, 4.69) is 10.3 Å². The van der Waals surface area contributed by atoms with E-state index in [1.54, 1.807) is 7.05 Å². The Morgan fingerprint density at radius 1 is 1.73 bits per heavy atom. The van der Waals surface area contributed by atoms with E-state index in [0.29, 0.717) is 19.2 Å². The number of ether oxygens (including phenoxy) is 1. The van der Waals surface area contributed by atoms with E-state index in [1.165, 1.54) is 0 Å². The molecule has 0 aliphatic carbocycles. The van der Waals surface area contributed by atoms with E-state index in [4.69, 9.17) is 10.5 Å². The van der Waals surface area contributed by atoms with Gasteiger partial charge in [0.05, 0.1) is 25.4 Å². The predicted molar refractivity (Wildman–Crippen MR) is 41.3 cm³/mol. The molecule has 1 aliphatic rings. The lowest BCUT2D eigenvalue weighted by atomic mass is 10.2. The van der Waals surface area contributed by atoms with Gasteiger partial charge in [-0.15, -0.1) is 0 Å². The van der Waals surface area contributed by atoms with Crippen LogP contribution in [0.15, 0.2) is 4.99 Å². The fraction of sp³-hybridized carbons (Fsp3) is 0.833. The van der Waals surface area contributed by atoms with Crippen molar-refractivity contribution in [3.8, 4) is 0 Å². The first kappa shape index (κ1) is 8.29. The first-order valence-electron chi connectivity index (χ1n) is 3.48. The lowest BCUT2D eigenvalue weighted by molar-refractivity contribution is 0.124. The Balaban J connectivity index is 2.36. The van der Waals surface area contributed by atoms with Gasteiger partial charge in [0, 0.05) is 7.05 Å². The summed E-state index contributed by atoms with van der Waals surface area (Å²) < 4.78 is 4.99. The van der Waals surface area contributed by atoms with Gasteiger partial charge in [0.2, 0.25) is 0 Å². The van der Waals surface area contributed by atoms with Crippen LogP contribution in [-0.2, 0) is 4.74 Å². The molecule has 11 heavy (non-hydrogen) atoms. The second kappa shape index (κ2) is 3.54. The third-order valence-electron chi connectivity index (χ3n) is 1.62. The quantitative estimate of drug-likeness (QED) is 0.314. The molecule has 0 aromatic heterocycles. The number of aliphatic imine (C=N–C) groups is 1. The number of rotatable bonds is 1. The van der Waals surface area contributed by atoms with Crippen molar-refractivity contribution >= 4 is 5.96 Å². The Kier molecular flexibility index (Phi) is 2.67. The zero-order valence-electron chi connectivity index (χ0n) is 6.45. The molecule has 1 saturated heterocycles. The second-order valence-corrected chi connectivity index (χ2v) is 2.46. The van der Waals surface area contributed by atoms with Gasteiger partial charge in [-0.2, -0.15) is 0 Å². The van der Waals surface area contributed by atoms with Gasteiger partial charge < -0.3 is 20.9 Å². The SMILES string of the molecule is CN=C(N)N[C@@H]1COC[C@H]1O. The van der Waals surface area contributed by atoms with Gasteiger partial charge in [-0.05, 0) is 0 Å². The van der Waals surface area contributed by atoms with Crippen molar-refractivity contribution in [3.05, 3.63) is 0 Å². The summed E-state index contributed by atoms with van der Waals surface area (Å²) in [7, 11) is 1.59. The minimum atomic E-state index is -0.477. The summed E-state index contributed by atoms with van der Waals surface area (Å²) in [6, 6.07) is -0.112. The molecule has 0 saturated carbocycles. The number of guanidine groups is 1. The number of nitrogens with zero attached hydrogens (tertiary/aromatic N) is 1. The number of hydrogen-bond donors (Lipinski definition) is 3. The van der Waals surface area contributed by atoms with Gasteiger partial charge in [0.25, 0.3) is 0 Å². The maximum atomic E-state index is 9.24. The van der Waals surface area contributed by atoms with Crippen molar-refractivity contribution < 1.29 is 9.84 Å². The molecule has 1 heterocycles. The molecule has 0 bridgehead atoms. The first-order chi connectivity index (χ1) is 5.24. The standard InChI is InChI=1S/C6H13N3O2/c1-8-6(7)9-4-2-11-3-5(4)10/h4-5,10H,2-3H2,1H3,(H3,7,8,9)/t4-,5-/m1/s1. The van der Waals surface area contributed by atoms with Crippen molar-refractivity contribution in [2.24, 2.45) is 10.7 Å². The third kappa shape index (κ3) is 2.06. The Labute approximate surface area is 65.3 Å². The molecule has 1 aliphatic heterocycles. The molecule has 0 spiro atoms. The zero-order chi connectivity index (χ0) is 8.27. The van der Waals surface area contributed by atoms with E-state index < -0.39 is 6.10 Å². The Bertz CT molecular complexity index is 160. The summed E-state index contributed by atoms with van der Waals surface area (Å²) in [6.07, 6.45) is -0.477. The lowest BCUT2D eigenvalue weighted by Gasteiger charge is -2.14. The number of nitrogens with two attached hydrogens (primary N) is 1. The summed E-state index contributed by atoms with van der Waals surface area (Å²) in [5.41, 5.74) is 5.39. The maximum absolute atomic E-state index is 9.24. The second-order valence-electron chi connectivity index (χ2n) is 2.46. The Hall–Kier alpha value is -0.810. The van der Waals surface area contributed by atoms with Crippen LogP contribution in [0.5, 0.6) is 0 Å². The number of hydrogen-bond acceptors (Lipinski definition) is 3. The van der Waals surface area contributed by atoms with Crippen LogP contribution in [0.3, 0.4) is 0 Å². The molecule has 4 N–H and O–H groups in total. The highest BCUT2D eigenvalue weighted by molar-refractivity contribution is 5.78. The van der Waals surface area contributed by atoms with Crippen molar-refractivity contribution in [1.29, 1.82) is 0 Å². The van der Waals surface area contributed by atoms with E-state index in [1.807, 2.05) is 0 Å². The summed E-state index contributed by atoms with van der Waals surface area (Å²) in [4.78, 5) is 3.70. The summed E-state index contributed by atoms with van der Waals surface area (Å²) in [5, 5.41) is 12.1. The minimum absolute atomic E-state index is 0.112. The topological polar surface area (TPSA) is 79.9 Å². The average Bonchev–Trinajstić information content (AvgIpc) is 2.37. The molecule has 0 amide bonds. The highest BCUT2D eigenvalue weighted by Gasteiger charge is 2.25. The molecule has 2 atom stereocenters. The molecule has 0 radical (unpaired) electrons. The first-order valence-corrected chi connectivity index (χ1v) is 3.48. The van der Waals surface area contributed by atoms with Crippen molar-refractivity contribution in [2.75, 3.05) is 20.3 Å². The highest BCUT2D eigenvalue weighted by atomic mass is 16.5. The molecule has 0 aromatic carbocycles. The Morgan fingerprint density at radius 3 is 2.91 bits per heavy atom. The molecule has 0 unspecified atom stereocenters. The van der Waals surface area contributed by atoms with Crippen molar-refractivity contribution in [1.82, 2.24) is 5.32 Å². The summed E-state index contributed by atoms with van der Waals surface area (Å²) in [5.74, 6) is 0.333. The van der Waals surface area contributed by atoms with Gasteiger partial charge in [-0.25, -0.2) is 0 Å². The molecule has 1 fully saturated rings. The predicted octanol–water partition coefficient (Wildman–Crippen LogP) is -1.72. The van der Waals surface area contributed by atoms with Crippen molar-refractivity contribution in [3.63, 3.8) is 0 Å². The largest absolute Gasteiger partial charge is 0.388 e. The number of aliphatic hydroxyl groups excluding tert-OH is 1. The third-order valence-corrected chi connectivity index (χ3v) is 1.62. The van der Waals surface area contributed by atoms with Gasteiger partial charge in [-0.1, -0.05) is 0 Å². The van der Waals surface area contributed by atoms with Gasteiger partial charge in [0.1, 0.15) is 0 Å². The Morgan fingerprint density at radius 2 is 2.45 bits per heavy atom. The molecule has 5 heteroatoms. The van der Waals surface area contributed by atoms with Crippen LogP contribution in [0.2, 0.25) is 0 Å². The minimum Gasteiger partial charge on any atom is -0.388 e. The van der Waals surface area contributed by atoms with Crippen LogP contribution in [0.4, 0.5) is 0 Å². The van der Waals surface area contributed by atoms with Gasteiger partial charge >= 0.3 is 0 Å². The van der Waals surface area contributed by atoms with Gasteiger partial charge in [-0.3, -0.25) is 4.99 Å². The molecule has 1 rings (SSSR count).